The number of piperidine rings is 2. The molecule has 14 heteroatoms. The van der Waals surface area contributed by atoms with Gasteiger partial charge in [-0.25, -0.2) is 9.97 Å². The van der Waals surface area contributed by atoms with Gasteiger partial charge in [0.15, 0.2) is 0 Å². The topological polar surface area (TPSA) is 104 Å². The molecule has 0 radical (unpaired) electrons. The molecule has 11 nitrogen and oxygen atoms in total. The van der Waals surface area contributed by atoms with Gasteiger partial charge < -0.3 is 24.0 Å². The van der Waals surface area contributed by atoms with Gasteiger partial charge in [0.05, 0.1) is 40.5 Å². The van der Waals surface area contributed by atoms with Gasteiger partial charge >= 0.3 is 6.18 Å². The third-order valence-electron chi connectivity index (χ3n) is 13.5. The van der Waals surface area contributed by atoms with Gasteiger partial charge in [-0.1, -0.05) is 25.0 Å². The number of methoxy groups -OCH3 is 1. The maximum atomic E-state index is 13.5. The van der Waals surface area contributed by atoms with E-state index in [4.69, 9.17) is 14.2 Å². The molecule has 336 valence electrons. The summed E-state index contributed by atoms with van der Waals surface area (Å²) < 4.78 is 61.1. The maximum absolute atomic E-state index is 13.5. The van der Waals surface area contributed by atoms with Crippen molar-refractivity contribution in [2.24, 2.45) is 0 Å². The van der Waals surface area contributed by atoms with Gasteiger partial charge in [0.2, 0.25) is 0 Å². The summed E-state index contributed by atoms with van der Waals surface area (Å²) in [6, 6.07) is 25.3. The van der Waals surface area contributed by atoms with Crippen molar-refractivity contribution in [2.75, 3.05) is 33.3 Å². The van der Waals surface area contributed by atoms with E-state index < -0.39 is 22.7 Å². The van der Waals surface area contributed by atoms with Crippen LogP contribution in [0.5, 0.6) is 17.2 Å². The van der Waals surface area contributed by atoms with Crippen LogP contribution in [0, 0.1) is 13.8 Å². The zero-order valence-corrected chi connectivity index (χ0v) is 36.7. The second kappa shape index (κ2) is 18.4. The van der Waals surface area contributed by atoms with Gasteiger partial charge in [0.25, 0.3) is 11.1 Å². The number of likely N-dealkylation sites (tertiary alicyclic amines) is 2. The predicted molar refractivity (Wildman–Crippen MR) is 241 cm³/mol. The minimum atomic E-state index is -4.64. The molecule has 0 spiro atoms. The second-order valence-corrected chi connectivity index (χ2v) is 17.5. The van der Waals surface area contributed by atoms with Crippen LogP contribution < -0.4 is 25.3 Å². The van der Waals surface area contributed by atoms with Crippen molar-refractivity contribution in [3.8, 4) is 28.6 Å². The Hall–Kier alpha value is -5.73. The molecule has 0 atom stereocenters. The van der Waals surface area contributed by atoms with Crippen molar-refractivity contribution < 1.29 is 27.4 Å². The van der Waals surface area contributed by atoms with Crippen LogP contribution in [-0.4, -0.2) is 86.5 Å². The minimum Gasteiger partial charge on any atom is -0.496 e. The van der Waals surface area contributed by atoms with Crippen LogP contribution in [-0.2, 0) is 6.18 Å². The van der Waals surface area contributed by atoms with Crippen molar-refractivity contribution in [3.63, 3.8) is 0 Å². The number of nitrogens with zero attached hydrogens (tertiary/aromatic N) is 6. The summed E-state index contributed by atoms with van der Waals surface area (Å²) >= 11 is 0. The van der Waals surface area contributed by atoms with E-state index in [0.29, 0.717) is 39.7 Å². The van der Waals surface area contributed by atoms with Gasteiger partial charge in [0, 0.05) is 38.3 Å². The number of benzene rings is 4. The summed E-state index contributed by atoms with van der Waals surface area (Å²) in [5.74, 6) is 3.04. The lowest BCUT2D eigenvalue weighted by Crippen LogP contribution is -2.46. The van der Waals surface area contributed by atoms with E-state index in [-0.39, 0.29) is 23.3 Å². The molecule has 4 heterocycles. The first-order valence-electron chi connectivity index (χ1n) is 22.6. The number of rotatable bonds is 9. The first kappa shape index (κ1) is 43.5. The average molecular weight is 877 g/mol. The van der Waals surface area contributed by atoms with Crippen molar-refractivity contribution in [1.29, 1.82) is 0 Å². The molecule has 0 N–H and O–H groups in total. The zero-order chi connectivity index (χ0) is 44.5. The van der Waals surface area contributed by atoms with Gasteiger partial charge in [0.1, 0.15) is 46.5 Å². The van der Waals surface area contributed by atoms with Crippen molar-refractivity contribution >= 4 is 21.8 Å². The molecule has 2 saturated heterocycles. The molecule has 2 saturated carbocycles. The molecule has 64 heavy (non-hydrogen) atoms. The summed E-state index contributed by atoms with van der Waals surface area (Å²) in [5.41, 5.74) is 0.0768. The van der Waals surface area contributed by atoms with Crippen LogP contribution in [0.2, 0.25) is 0 Å². The molecule has 0 unspecified atom stereocenters. The van der Waals surface area contributed by atoms with Crippen LogP contribution >= 0.6 is 0 Å². The Morgan fingerprint density at radius 3 is 1.39 bits per heavy atom. The molecule has 10 rings (SSSR count). The molecule has 4 aliphatic rings. The fourth-order valence-corrected chi connectivity index (χ4v) is 9.62. The molecule has 2 aliphatic heterocycles. The highest BCUT2D eigenvalue weighted by Gasteiger charge is 2.35. The van der Waals surface area contributed by atoms with Crippen LogP contribution in [0.15, 0.2) is 94.5 Å². The summed E-state index contributed by atoms with van der Waals surface area (Å²) in [6.45, 7) is 7.82. The summed E-state index contributed by atoms with van der Waals surface area (Å²) in [6.07, 6.45) is 7.93. The van der Waals surface area contributed by atoms with E-state index in [1.165, 1.54) is 55.2 Å². The normalized spacial score (nSPS) is 18.3. The summed E-state index contributed by atoms with van der Waals surface area (Å²) in [4.78, 5) is 40.4. The zero-order valence-electron chi connectivity index (χ0n) is 36.7. The highest BCUT2D eigenvalue weighted by molar-refractivity contribution is 5.85. The highest BCUT2D eigenvalue weighted by atomic mass is 19.4. The van der Waals surface area contributed by atoms with Gasteiger partial charge in [-0.05, 0) is 138 Å². The standard InChI is InChI=1S/C25H26F3N3O2.C25H29N3O3/c1-16-29-22-7-3-6-21(25(26,27)28)23(22)24(32)31(16)18-8-10-19(11-9-18)33-20-12-14-30(15-13-20)17-4-2-5-17;1-17-26-22-7-4-8-23(30-2)24(22)25(29)28(17)19-9-11-20(12-10-19)31-21-13-15-27(16-14-21)18-5-3-6-18/h3,6-11,17,20H,2,4-5,12-15H2,1H3;4,7-12,18,21H,3,5-6,13-16H2,1-2H3. The minimum absolute atomic E-state index is 0.0387. The number of aromatic nitrogens is 4. The van der Waals surface area contributed by atoms with E-state index in [9.17, 15) is 22.8 Å². The number of aryl methyl sites for hydroxylation is 2. The highest BCUT2D eigenvalue weighted by Crippen LogP contribution is 2.34. The van der Waals surface area contributed by atoms with E-state index in [1.807, 2.05) is 43.3 Å². The lowest BCUT2D eigenvalue weighted by molar-refractivity contribution is -0.136. The monoisotopic (exact) mass is 876 g/mol. The van der Waals surface area contributed by atoms with Crippen molar-refractivity contribution in [3.05, 3.63) is 123 Å². The average Bonchev–Trinajstić information content (AvgIpc) is 3.24. The summed E-state index contributed by atoms with van der Waals surface area (Å²) in [7, 11) is 1.57. The quantitative estimate of drug-likeness (QED) is 0.141. The molecule has 0 amide bonds. The molecule has 6 aromatic rings. The Kier molecular flexibility index (Phi) is 12.5. The van der Waals surface area contributed by atoms with Crippen molar-refractivity contribution in [2.45, 2.75) is 109 Å². The summed E-state index contributed by atoms with van der Waals surface area (Å²) in [5, 5.41) is 0.0725. The van der Waals surface area contributed by atoms with Crippen LogP contribution in [0.1, 0.15) is 81.4 Å². The Morgan fingerprint density at radius 2 is 0.984 bits per heavy atom. The smallest absolute Gasteiger partial charge is 0.417 e. The van der Waals surface area contributed by atoms with E-state index in [0.717, 1.165) is 81.4 Å². The van der Waals surface area contributed by atoms with Gasteiger partial charge in [-0.2, -0.15) is 13.2 Å². The van der Waals surface area contributed by atoms with Gasteiger partial charge in [-0.15, -0.1) is 0 Å². The number of hydrogen-bond acceptors (Lipinski definition) is 9. The number of alkyl halides is 3. The number of ether oxygens (including phenoxy) is 3. The van der Waals surface area contributed by atoms with Crippen molar-refractivity contribution in [1.82, 2.24) is 28.9 Å². The Balaban J connectivity index is 0.000000162. The molecule has 4 aromatic carbocycles. The molecule has 2 aromatic heterocycles. The first-order chi connectivity index (χ1) is 30.9. The molecule has 2 aliphatic carbocycles. The maximum Gasteiger partial charge on any atom is 0.417 e. The SMILES string of the molecule is COc1cccc2nc(C)n(-c3ccc(OC4CCN(C5CCC5)CC4)cc3)c(=O)c12.Cc1nc2cccc(C(F)(F)F)c2c(=O)n1-c1ccc(OC2CCN(C3CCC3)CC2)cc1. The second-order valence-electron chi connectivity index (χ2n) is 17.5. The Labute approximate surface area is 370 Å². The Morgan fingerprint density at radius 1 is 0.562 bits per heavy atom. The molecule has 0 bridgehead atoms. The van der Waals surface area contributed by atoms with Crippen LogP contribution in [0.3, 0.4) is 0 Å². The number of hydrogen-bond donors (Lipinski definition) is 0. The fourth-order valence-electron chi connectivity index (χ4n) is 9.62. The largest absolute Gasteiger partial charge is 0.496 e. The van der Waals surface area contributed by atoms with Crippen LogP contribution in [0.25, 0.3) is 33.2 Å². The Bertz CT molecular complexity index is 2710. The molecular formula is C50H55F3N6O5. The molecule has 4 fully saturated rings. The lowest BCUT2D eigenvalue weighted by atomic mass is 9.90. The number of halogens is 3. The van der Waals surface area contributed by atoms with Gasteiger partial charge in [-0.3, -0.25) is 18.7 Å². The predicted octanol–water partition coefficient (Wildman–Crippen LogP) is 9.21. The third kappa shape index (κ3) is 8.99. The van der Waals surface area contributed by atoms with Crippen LogP contribution in [0.4, 0.5) is 13.2 Å². The van der Waals surface area contributed by atoms with E-state index >= 15 is 0 Å². The third-order valence-corrected chi connectivity index (χ3v) is 13.5. The van der Waals surface area contributed by atoms with E-state index in [2.05, 4.69) is 19.8 Å². The van der Waals surface area contributed by atoms with E-state index in [1.54, 1.807) is 48.9 Å². The lowest BCUT2D eigenvalue weighted by Gasteiger charge is -2.41. The molecular weight excluding hydrogens is 822 g/mol. The first-order valence-corrected chi connectivity index (χ1v) is 22.6. The number of fused-ring (bicyclic) bond motifs is 2. The fraction of sp³-hybridized carbons (Fsp3) is 0.440.